The molecular weight excluding hydrogens is 396 g/mol. The summed E-state index contributed by atoms with van der Waals surface area (Å²) in [6, 6.07) is 10.7. The second-order valence-corrected chi connectivity index (χ2v) is 8.97. The lowest BCUT2D eigenvalue weighted by atomic mass is 10.0. The quantitative estimate of drug-likeness (QED) is 0.785. The fourth-order valence-corrected chi connectivity index (χ4v) is 4.79. The molecule has 32 heavy (non-hydrogen) atoms. The number of benzene rings is 1. The predicted octanol–water partition coefficient (Wildman–Crippen LogP) is 3.81. The van der Waals surface area contributed by atoms with Gasteiger partial charge in [-0.05, 0) is 55.0 Å². The van der Waals surface area contributed by atoms with Crippen molar-refractivity contribution in [1.82, 2.24) is 15.2 Å². The molecular formula is C26H30N6. The molecule has 1 N–H and O–H groups in total. The Balaban J connectivity index is 1.27. The van der Waals surface area contributed by atoms with Crippen LogP contribution >= 0.6 is 0 Å². The number of aromatic nitrogens is 1. The Morgan fingerprint density at radius 2 is 1.94 bits per heavy atom. The molecule has 3 aliphatic rings. The van der Waals surface area contributed by atoms with Gasteiger partial charge in [-0.25, -0.2) is 4.98 Å². The molecule has 5 rings (SSSR count). The van der Waals surface area contributed by atoms with E-state index in [1.165, 1.54) is 24.0 Å². The van der Waals surface area contributed by atoms with E-state index < -0.39 is 0 Å². The molecule has 1 aromatic heterocycles. The average molecular weight is 427 g/mol. The molecule has 0 unspecified atom stereocenters. The van der Waals surface area contributed by atoms with E-state index in [9.17, 15) is 5.26 Å². The van der Waals surface area contributed by atoms with Crippen LogP contribution < -0.4 is 15.1 Å². The molecule has 3 heterocycles. The highest BCUT2D eigenvalue weighted by Gasteiger charge is 2.26. The van der Waals surface area contributed by atoms with Crippen LogP contribution in [0.1, 0.15) is 41.0 Å². The normalized spacial score (nSPS) is 18.5. The maximum absolute atomic E-state index is 9.80. The zero-order chi connectivity index (χ0) is 22.2. The molecule has 0 radical (unpaired) electrons. The Morgan fingerprint density at radius 1 is 1.16 bits per heavy atom. The van der Waals surface area contributed by atoms with Crippen LogP contribution in [0.25, 0.3) is 5.70 Å². The highest BCUT2D eigenvalue weighted by molar-refractivity contribution is 5.72. The molecule has 0 bridgehead atoms. The first kappa shape index (κ1) is 20.4. The predicted molar refractivity (Wildman–Crippen MR) is 129 cm³/mol. The van der Waals surface area contributed by atoms with E-state index in [0.717, 1.165) is 73.8 Å². The van der Waals surface area contributed by atoms with Gasteiger partial charge in [-0.15, -0.1) is 0 Å². The largest absolute Gasteiger partial charge is 0.370 e. The Hall–Kier alpha value is -3.46. The van der Waals surface area contributed by atoms with Gasteiger partial charge in [0.05, 0.1) is 17.5 Å². The van der Waals surface area contributed by atoms with Crippen LogP contribution in [0.15, 0.2) is 49.4 Å². The van der Waals surface area contributed by atoms with Gasteiger partial charge in [0.15, 0.2) is 0 Å². The van der Waals surface area contributed by atoms with Crippen molar-refractivity contribution in [3.05, 3.63) is 71.7 Å². The lowest BCUT2D eigenvalue weighted by Crippen LogP contribution is -2.46. The van der Waals surface area contributed by atoms with Crippen molar-refractivity contribution in [1.29, 1.82) is 5.26 Å². The molecule has 0 amide bonds. The van der Waals surface area contributed by atoms with E-state index >= 15 is 0 Å². The Kier molecular flexibility index (Phi) is 5.26. The van der Waals surface area contributed by atoms with Crippen molar-refractivity contribution < 1.29 is 0 Å². The zero-order valence-corrected chi connectivity index (χ0v) is 18.8. The number of anilines is 2. The summed E-state index contributed by atoms with van der Waals surface area (Å²) >= 11 is 0. The van der Waals surface area contributed by atoms with Gasteiger partial charge < -0.3 is 20.0 Å². The summed E-state index contributed by atoms with van der Waals surface area (Å²) < 4.78 is 0. The molecule has 6 nitrogen and oxygen atoms in total. The monoisotopic (exact) mass is 426 g/mol. The minimum atomic E-state index is 0.655. The Bertz CT molecular complexity index is 1100. The summed E-state index contributed by atoms with van der Waals surface area (Å²) in [5, 5.41) is 13.0. The van der Waals surface area contributed by atoms with E-state index in [-0.39, 0.29) is 0 Å². The molecule has 0 spiro atoms. The van der Waals surface area contributed by atoms with Crippen LogP contribution in [0.5, 0.6) is 0 Å². The van der Waals surface area contributed by atoms with E-state index in [1.54, 1.807) is 0 Å². The van der Waals surface area contributed by atoms with Crippen LogP contribution in [-0.4, -0.2) is 49.2 Å². The molecule has 2 aromatic rings. The van der Waals surface area contributed by atoms with Crippen molar-refractivity contribution in [2.45, 2.75) is 25.7 Å². The summed E-state index contributed by atoms with van der Waals surface area (Å²) in [6.07, 6.45) is 4.67. The molecule has 1 aromatic carbocycles. The Labute approximate surface area is 190 Å². The smallest absolute Gasteiger partial charge is 0.131 e. The standard InChI is InChI=1S/C26H30N6/c1-18-14-23(21-4-5-21)17-29-26(18)31-12-10-30(11-13-31)19(2)25-7-6-24(15-22(25)16-27)32-9-8-28-20(32)3/h6-7,14-15,17,21,28H,2-5,8-13H2,1H3. The van der Waals surface area contributed by atoms with Crippen molar-refractivity contribution in [3.8, 4) is 6.07 Å². The van der Waals surface area contributed by atoms with Gasteiger partial charge in [0.1, 0.15) is 5.82 Å². The molecule has 1 saturated carbocycles. The third-order valence-electron chi connectivity index (χ3n) is 6.82. The summed E-state index contributed by atoms with van der Waals surface area (Å²) in [5.41, 5.74) is 6.13. The van der Waals surface area contributed by atoms with Crippen molar-refractivity contribution in [3.63, 3.8) is 0 Å². The SMILES string of the molecule is C=C(c1ccc(N2CCNC2=C)cc1C#N)N1CCN(c2ncc(C3CC3)cc2C)CC1. The average Bonchev–Trinajstić information content (AvgIpc) is 3.59. The lowest BCUT2D eigenvalue weighted by Gasteiger charge is -2.38. The van der Waals surface area contributed by atoms with Gasteiger partial charge in [-0.2, -0.15) is 5.26 Å². The number of hydrogen-bond acceptors (Lipinski definition) is 6. The van der Waals surface area contributed by atoms with E-state index in [4.69, 9.17) is 4.98 Å². The van der Waals surface area contributed by atoms with Gasteiger partial charge in [0.2, 0.25) is 0 Å². The summed E-state index contributed by atoms with van der Waals surface area (Å²) in [5.74, 6) is 2.71. The molecule has 0 atom stereocenters. The molecule has 164 valence electrons. The van der Waals surface area contributed by atoms with Crippen molar-refractivity contribution >= 4 is 17.2 Å². The lowest BCUT2D eigenvalue weighted by molar-refractivity contribution is 0.366. The number of nitrogens with one attached hydrogen (secondary N) is 1. The summed E-state index contributed by atoms with van der Waals surface area (Å²) in [4.78, 5) is 11.6. The molecule has 6 heteroatoms. The second-order valence-electron chi connectivity index (χ2n) is 8.97. The van der Waals surface area contributed by atoms with Crippen LogP contribution in [0.4, 0.5) is 11.5 Å². The number of hydrogen-bond donors (Lipinski definition) is 1. The third kappa shape index (κ3) is 3.80. The highest BCUT2D eigenvalue weighted by atomic mass is 15.3. The fraction of sp³-hybridized carbons (Fsp3) is 0.385. The van der Waals surface area contributed by atoms with Crippen LogP contribution in [-0.2, 0) is 0 Å². The van der Waals surface area contributed by atoms with E-state index in [0.29, 0.717) is 5.56 Å². The Morgan fingerprint density at radius 3 is 2.56 bits per heavy atom. The van der Waals surface area contributed by atoms with Gasteiger partial charge >= 0.3 is 0 Å². The van der Waals surface area contributed by atoms with Gasteiger partial charge in [-0.3, -0.25) is 0 Å². The minimum Gasteiger partial charge on any atom is -0.370 e. The second kappa shape index (κ2) is 8.23. The minimum absolute atomic E-state index is 0.655. The van der Waals surface area contributed by atoms with E-state index in [2.05, 4.69) is 64.5 Å². The first-order valence-corrected chi connectivity index (χ1v) is 11.5. The third-order valence-corrected chi connectivity index (χ3v) is 6.82. The van der Waals surface area contributed by atoms with Crippen molar-refractivity contribution in [2.75, 3.05) is 49.1 Å². The number of piperazine rings is 1. The van der Waals surface area contributed by atoms with E-state index in [1.807, 2.05) is 12.1 Å². The van der Waals surface area contributed by atoms with Gasteiger partial charge in [0.25, 0.3) is 0 Å². The molecule has 1 aliphatic carbocycles. The summed E-state index contributed by atoms with van der Waals surface area (Å²) in [7, 11) is 0. The highest BCUT2D eigenvalue weighted by Crippen LogP contribution is 2.40. The first-order valence-electron chi connectivity index (χ1n) is 11.5. The van der Waals surface area contributed by atoms with Crippen LogP contribution in [0.2, 0.25) is 0 Å². The zero-order valence-electron chi connectivity index (χ0n) is 18.8. The molecule has 3 fully saturated rings. The van der Waals surface area contributed by atoms with Crippen LogP contribution in [0.3, 0.4) is 0 Å². The number of nitriles is 1. The number of nitrogens with zero attached hydrogens (tertiary/aromatic N) is 5. The number of pyridine rings is 1. The maximum Gasteiger partial charge on any atom is 0.131 e. The molecule has 2 aliphatic heterocycles. The molecule has 2 saturated heterocycles. The maximum atomic E-state index is 9.80. The number of rotatable bonds is 5. The van der Waals surface area contributed by atoms with Crippen molar-refractivity contribution in [2.24, 2.45) is 0 Å². The first-order chi connectivity index (χ1) is 15.5. The summed E-state index contributed by atoms with van der Waals surface area (Å²) in [6.45, 7) is 15.8. The van der Waals surface area contributed by atoms with Gasteiger partial charge in [0, 0.05) is 62.4 Å². The van der Waals surface area contributed by atoms with Gasteiger partial charge in [-0.1, -0.05) is 19.2 Å². The fourth-order valence-electron chi connectivity index (χ4n) is 4.79. The number of aryl methyl sites for hydroxylation is 1. The van der Waals surface area contributed by atoms with Crippen LogP contribution in [0, 0.1) is 18.3 Å². The topological polar surface area (TPSA) is 58.4 Å².